The van der Waals surface area contributed by atoms with Crippen molar-refractivity contribution in [3.8, 4) is 0 Å². The van der Waals surface area contributed by atoms with E-state index in [1.54, 1.807) is 0 Å². The molecule has 21 heavy (non-hydrogen) atoms. The van der Waals surface area contributed by atoms with E-state index >= 15 is 0 Å². The molecule has 1 aromatic heterocycles. The van der Waals surface area contributed by atoms with Crippen LogP contribution in [-0.2, 0) is 0 Å². The lowest BCUT2D eigenvalue weighted by atomic mass is 10.0. The maximum Gasteiger partial charge on any atom is 0.0594 e. The van der Waals surface area contributed by atoms with Gasteiger partial charge in [0.25, 0.3) is 0 Å². The molecule has 2 unspecified atom stereocenters. The van der Waals surface area contributed by atoms with Crippen molar-refractivity contribution in [1.29, 1.82) is 0 Å². The maximum absolute atomic E-state index is 6.45. The monoisotopic (exact) mass is 307 g/mol. The summed E-state index contributed by atoms with van der Waals surface area (Å²) in [5.74, 6) is 0. The van der Waals surface area contributed by atoms with Crippen molar-refractivity contribution in [2.45, 2.75) is 57.2 Å². The molecular formula is C17H29N3S. The Morgan fingerprint density at radius 3 is 2.52 bits per heavy atom. The zero-order valence-corrected chi connectivity index (χ0v) is 14.0. The fourth-order valence-electron chi connectivity index (χ4n) is 3.99. The third kappa shape index (κ3) is 3.50. The quantitative estimate of drug-likeness (QED) is 0.907. The fourth-order valence-corrected chi connectivity index (χ4v) is 4.93. The molecule has 1 aromatic rings. The van der Waals surface area contributed by atoms with Crippen LogP contribution in [0.3, 0.4) is 0 Å². The molecule has 0 aromatic carbocycles. The normalized spacial score (nSPS) is 25.2. The van der Waals surface area contributed by atoms with E-state index in [-0.39, 0.29) is 6.04 Å². The Labute approximate surface area is 133 Å². The Bertz CT molecular complexity index is 406. The van der Waals surface area contributed by atoms with Gasteiger partial charge in [-0.1, -0.05) is 25.8 Å². The van der Waals surface area contributed by atoms with Crippen LogP contribution < -0.4 is 5.73 Å². The molecule has 0 radical (unpaired) electrons. The number of hydrogen-bond acceptors (Lipinski definition) is 4. The van der Waals surface area contributed by atoms with Gasteiger partial charge in [-0.3, -0.25) is 9.80 Å². The third-order valence-electron chi connectivity index (χ3n) is 5.29. The highest BCUT2D eigenvalue weighted by Crippen LogP contribution is 2.31. The van der Waals surface area contributed by atoms with Crippen LogP contribution in [0.15, 0.2) is 17.5 Å². The van der Waals surface area contributed by atoms with E-state index in [1.165, 1.54) is 56.7 Å². The van der Waals surface area contributed by atoms with Gasteiger partial charge in [-0.2, -0.15) is 0 Å². The molecule has 1 aliphatic carbocycles. The minimum absolute atomic E-state index is 0.252. The van der Waals surface area contributed by atoms with Gasteiger partial charge in [0.2, 0.25) is 0 Å². The molecule has 0 spiro atoms. The van der Waals surface area contributed by atoms with Crippen LogP contribution >= 0.6 is 11.3 Å². The molecule has 0 bridgehead atoms. The van der Waals surface area contributed by atoms with E-state index in [0.717, 1.165) is 12.5 Å². The van der Waals surface area contributed by atoms with E-state index in [9.17, 15) is 0 Å². The van der Waals surface area contributed by atoms with Crippen molar-refractivity contribution >= 4 is 11.3 Å². The van der Waals surface area contributed by atoms with Gasteiger partial charge in [-0.05, 0) is 30.7 Å². The molecule has 118 valence electrons. The minimum atomic E-state index is 0.252. The maximum atomic E-state index is 6.45. The zero-order chi connectivity index (χ0) is 14.7. The number of thiophene rings is 1. The molecule has 2 fully saturated rings. The van der Waals surface area contributed by atoms with Gasteiger partial charge < -0.3 is 5.73 Å². The predicted octanol–water partition coefficient (Wildman–Crippen LogP) is 3.09. The van der Waals surface area contributed by atoms with Crippen LogP contribution in [0.5, 0.6) is 0 Å². The van der Waals surface area contributed by atoms with E-state index in [2.05, 4.69) is 34.2 Å². The van der Waals surface area contributed by atoms with Gasteiger partial charge in [0.15, 0.2) is 0 Å². The van der Waals surface area contributed by atoms with Gasteiger partial charge >= 0.3 is 0 Å². The van der Waals surface area contributed by atoms with Crippen LogP contribution in [0.2, 0.25) is 0 Å². The first-order chi connectivity index (χ1) is 10.3. The molecule has 1 saturated heterocycles. The molecule has 1 aliphatic heterocycles. The van der Waals surface area contributed by atoms with Crippen LogP contribution in [-0.4, -0.2) is 48.1 Å². The average Bonchev–Trinajstić information content (AvgIpc) is 3.21. The average molecular weight is 308 g/mol. The van der Waals surface area contributed by atoms with Crippen molar-refractivity contribution in [1.82, 2.24) is 9.80 Å². The lowest BCUT2D eigenvalue weighted by Crippen LogP contribution is -2.53. The summed E-state index contributed by atoms with van der Waals surface area (Å²) in [6.07, 6.45) is 6.75. The molecule has 2 heterocycles. The number of nitrogens with two attached hydrogens (primary N) is 1. The lowest BCUT2D eigenvalue weighted by molar-refractivity contribution is 0.0621. The van der Waals surface area contributed by atoms with Gasteiger partial charge in [0.1, 0.15) is 0 Å². The van der Waals surface area contributed by atoms with E-state index in [1.807, 2.05) is 11.3 Å². The molecule has 3 rings (SSSR count). The summed E-state index contributed by atoms with van der Waals surface area (Å²) in [5.41, 5.74) is 6.45. The zero-order valence-electron chi connectivity index (χ0n) is 13.2. The molecule has 0 amide bonds. The summed E-state index contributed by atoms with van der Waals surface area (Å²) in [5, 5.41) is 2.18. The van der Waals surface area contributed by atoms with Gasteiger partial charge in [-0.25, -0.2) is 0 Å². The summed E-state index contributed by atoms with van der Waals surface area (Å²) >= 11 is 1.86. The Morgan fingerprint density at radius 1 is 1.24 bits per heavy atom. The van der Waals surface area contributed by atoms with Crippen LogP contribution in [0.4, 0.5) is 0 Å². The Morgan fingerprint density at radius 2 is 1.95 bits per heavy atom. The number of hydrogen-bond donors (Lipinski definition) is 1. The lowest BCUT2D eigenvalue weighted by Gasteiger charge is -2.42. The smallest absolute Gasteiger partial charge is 0.0594 e. The molecule has 2 aliphatic rings. The first kappa shape index (κ1) is 15.5. The SMILES string of the molecule is CCC(N)C(c1cccs1)N1CCN(C2CCCC2)CC1. The number of nitrogens with zero attached hydrogens (tertiary/aromatic N) is 2. The topological polar surface area (TPSA) is 32.5 Å². The third-order valence-corrected chi connectivity index (χ3v) is 6.24. The second-order valence-corrected chi connectivity index (χ2v) is 7.52. The Hall–Kier alpha value is -0.420. The molecule has 2 N–H and O–H groups in total. The molecule has 3 nitrogen and oxygen atoms in total. The predicted molar refractivity (Wildman–Crippen MR) is 90.7 cm³/mol. The second-order valence-electron chi connectivity index (χ2n) is 6.54. The minimum Gasteiger partial charge on any atom is -0.326 e. The van der Waals surface area contributed by atoms with Crippen LogP contribution in [0, 0.1) is 0 Å². The highest BCUT2D eigenvalue weighted by atomic mass is 32.1. The van der Waals surface area contributed by atoms with E-state index in [4.69, 9.17) is 5.73 Å². The summed E-state index contributed by atoms with van der Waals surface area (Å²) in [6.45, 7) is 7.01. The van der Waals surface area contributed by atoms with Crippen molar-refractivity contribution in [3.05, 3.63) is 22.4 Å². The summed E-state index contributed by atoms with van der Waals surface area (Å²) in [6, 6.07) is 5.95. The van der Waals surface area contributed by atoms with Crippen LogP contribution in [0.25, 0.3) is 0 Å². The summed E-state index contributed by atoms with van der Waals surface area (Å²) < 4.78 is 0. The van der Waals surface area contributed by atoms with Crippen LogP contribution in [0.1, 0.15) is 49.9 Å². The Balaban J connectivity index is 1.62. The van der Waals surface area contributed by atoms with Gasteiger partial charge in [0.05, 0.1) is 6.04 Å². The van der Waals surface area contributed by atoms with E-state index in [0.29, 0.717) is 6.04 Å². The Kier molecular flexibility index (Phi) is 5.33. The molecule has 4 heteroatoms. The first-order valence-corrected chi connectivity index (χ1v) is 9.44. The highest BCUT2D eigenvalue weighted by Gasteiger charge is 2.32. The van der Waals surface area contributed by atoms with E-state index < -0.39 is 0 Å². The van der Waals surface area contributed by atoms with Gasteiger partial charge in [0, 0.05) is 43.1 Å². The second kappa shape index (κ2) is 7.23. The van der Waals surface area contributed by atoms with Crippen molar-refractivity contribution in [2.24, 2.45) is 5.73 Å². The van der Waals surface area contributed by atoms with Crippen molar-refractivity contribution in [3.63, 3.8) is 0 Å². The largest absolute Gasteiger partial charge is 0.326 e. The number of rotatable bonds is 5. The molecular weight excluding hydrogens is 278 g/mol. The van der Waals surface area contributed by atoms with Gasteiger partial charge in [-0.15, -0.1) is 11.3 Å². The molecule has 1 saturated carbocycles. The molecule has 2 atom stereocenters. The first-order valence-electron chi connectivity index (χ1n) is 8.56. The highest BCUT2D eigenvalue weighted by molar-refractivity contribution is 7.10. The summed E-state index contributed by atoms with van der Waals surface area (Å²) in [4.78, 5) is 6.80. The van der Waals surface area contributed by atoms with Crippen molar-refractivity contribution in [2.75, 3.05) is 26.2 Å². The standard InChI is InChI=1S/C17H29N3S/c1-2-15(18)17(16-8-5-13-21-16)20-11-9-19(10-12-20)14-6-3-4-7-14/h5,8,13-15,17H,2-4,6-7,9-12,18H2,1H3. The number of piperazine rings is 1. The van der Waals surface area contributed by atoms with Crippen molar-refractivity contribution < 1.29 is 0 Å². The fraction of sp³-hybridized carbons (Fsp3) is 0.765. The summed E-state index contributed by atoms with van der Waals surface area (Å²) in [7, 11) is 0.